The number of rotatable bonds is 4. The predicted molar refractivity (Wildman–Crippen MR) is 128 cm³/mol. The minimum Gasteiger partial charge on any atom is -0.286 e. The predicted octanol–water partition coefficient (Wildman–Crippen LogP) is 6.20. The molecule has 5 aromatic rings. The molecule has 2 aromatic heterocycles. The Labute approximate surface area is 188 Å². The van der Waals surface area contributed by atoms with E-state index in [1.54, 1.807) is 15.9 Å². The maximum atomic E-state index is 13.4. The number of nitrogens with zero attached hydrogens (tertiary/aromatic N) is 3. The molecule has 0 aliphatic carbocycles. The molecule has 31 heavy (non-hydrogen) atoms. The van der Waals surface area contributed by atoms with E-state index in [4.69, 9.17) is 21.6 Å². The van der Waals surface area contributed by atoms with Crippen molar-refractivity contribution >= 4 is 33.8 Å². The van der Waals surface area contributed by atoms with E-state index in [2.05, 4.69) is 0 Å². The first-order valence-corrected chi connectivity index (χ1v) is 11.1. The molecule has 5 rings (SSSR count). The molecule has 0 unspecified atom stereocenters. The van der Waals surface area contributed by atoms with E-state index in [-0.39, 0.29) is 5.56 Å². The minimum absolute atomic E-state index is 0.0674. The highest BCUT2D eigenvalue weighted by molar-refractivity contribution is 7.13. The lowest BCUT2D eigenvalue weighted by atomic mass is 10.1. The number of aryl methyl sites for hydroxylation is 1. The lowest BCUT2D eigenvalue weighted by Gasteiger charge is -2.13. The first-order valence-electron chi connectivity index (χ1n) is 9.85. The molecule has 6 heteroatoms. The third kappa shape index (κ3) is 3.90. The molecule has 0 saturated carbocycles. The first-order chi connectivity index (χ1) is 15.1. The number of fused-ring (bicyclic) bond motifs is 1. The zero-order chi connectivity index (χ0) is 21.4. The first kappa shape index (κ1) is 19.7. The fourth-order valence-corrected chi connectivity index (χ4v) is 4.45. The third-order valence-corrected chi connectivity index (χ3v) is 6.33. The van der Waals surface area contributed by atoms with Crippen LogP contribution in [0.25, 0.3) is 32.9 Å². The molecule has 0 atom stereocenters. The van der Waals surface area contributed by atoms with Gasteiger partial charge in [0.2, 0.25) is 0 Å². The van der Waals surface area contributed by atoms with Gasteiger partial charge in [-0.3, -0.25) is 9.36 Å². The Kier molecular flexibility index (Phi) is 5.14. The van der Waals surface area contributed by atoms with Crippen molar-refractivity contribution in [1.82, 2.24) is 14.5 Å². The van der Waals surface area contributed by atoms with E-state index >= 15 is 0 Å². The van der Waals surface area contributed by atoms with Crippen molar-refractivity contribution in [3.05, 3.63) is 105 Å². The molecule has 0 bridgehead atoms. The topological polar surface area (TPSA) is 47.8 Å². The van der Waals surface area contributed by atoms with Crippen molar-refractivity contribution in [3.63, 3.8) is 0 Å². The minimum atomic E-state index is -0.0674. The second-order valence-electron chi connectivity index (χ2n) is 7.36. The van der Waals surface area contributed by atoms with Crippen LogP contribution in [0, 0.1) is 6.92 Å². The van der Waals surface area contributed by atoms with Gasteiger partial charge in [0.25, 0.3) is 5.56 Å². The van der Waals surface area contributed by atoms with Gasteiger partial charge in [-0.15, -0.1) is 11.3 Å². The van der Waals surface area contributed by atoms with Gasteiger partial charge in [-0.1, -0.05) is 65.7 Å². The van der Waals surface area contributed by atoms with E-state index < -0.39 is 0 Å². The lowest BCUT2D eigenvalue weighted by Crippen LogP contribution is -2.24. The summed E-state index contributed by atoms with van der Waals surface area (Å²) in [6, 6.07) is 23.1. The van der Waals surface area contributed by atoms with Gasteiger partial charge in [0.1, 0.15) is 10.8 Å². The van der Waals surface area contributed by atoms with E-state index in [1.165, 1.54) is 0 Å². The van der Waals surface area contributed by atoms with Gasteiger partial charge in [0, 0.05) is 21.5 Å². The average molecular weight is 444 g/mol. The number of hydrogen-bond acceptors (Lipinski definition) is 4. The number of thiazole rings is 1. The molecule has 4 nitrogen and oxygen atoms in total. The molecule has 152 valence electrons. The van der Waals surface area contributed by atoms with Gasteiger partial charge < -0.3 is 0 Å². The molecule has 0 amide bonds. The number of benzene rings is 3. The SMILES string of the molecule is Cc1ccc(-c2nc3ccccc3c(=O)n2Cc2csc(-c3ccc(Cl)cc3)n2)cc1. The van der Waals surface area contributed by atoms with Crippen molar-refractivity contribution in [2.24, 2.45) is 0 Å². The van der Waals surface area contributed by atoms with Crippen LogP contribution in [0.3, 0.4) is 0 Å². The van der Waals surface area contributed by atoms with Crippen LogP contribution in [0.5, 0.6) is 0 Å². The number of aromatic nitrogens is 3. The van der Waals surface area contributed by atoms with Gasteiger partial charge in [0.15, 0.2) is 0 Å². The standard InChI is InChI=1S/C25H18ClN3OS/c1-16-6-8-17(9-7-16)23-28-22-5-3-2-4-21(22)25(30)29(23)14-20-15-31-24(27-20)18-10-12-19(26)13-11-18/h2-13,15H,14H2,1H3. The van der Waals surface area contributed by atoms with Crippen LogP contribution >= 0.6 is 22.9 Å². The second kappa shape index (κ2) is 8.10. The summed E-state index contributed by atoms with van der Waals surface area (Å²) < 4.78 is 1.72. The van der Waals surface area contributed by atoms with Crippen LogP contribution in [0.2, 0.25) is 5.02 Å². The maximum absolute atomic E-state index is 13.4. The Hall–Kier alpha value is -3.28. The summed E-state index contributed by atoms with van der Waals surface area (Å²) in [7, 11) is 0. The molecule has 0 radical (unpaired) electrons. The summed E-state index contributed by atoms with van der Waals surface area (Å²) in [6.45, 7) is 2.39. The van der Waals surface area contributed by atoms with Gasteiger partial charge in [-0.25, -0.2) is 9.97 Å². The second-order valence-corrected chi connectivity index (χ2v) is 8.66. The van der Waals surface area contributed by atoms with Crippen LogP contribution in [0.1, 0.15) is 11.3 Å². The number of halogens is 1. The van der Waals surface area contributed by atoms with Crippen molar-refractivity contribution < 1.29 is 0 Å². The fourth-order valence-electron chi connectivity index (χ4n) is 3.50. The number of para-hydroxylation sites is 1. The van der Waals surface area contributed by atoms with Crippen LogP contribution < -0.4 is 5.56 Å². The molecular formula is C25H18ClN3OS. The third-order valence-electron chi connectivity index (χ3n) is 5.13. The Balaban J connectivity index is 1.61. The van der Waals surface area contributed by atoms with Gasteiger partial charge >= 0.3 is 0 Å². The molecule has 0 fully saturated rings. The van der Waals surface area contributed by atoms with Crippen LogP contribution in [0.15, 0.2) is 83.0 Å². The summed E-state index contributed by atoms with van der Waals surface area (Å²) in [4.78, 5) is 23.0. The molecule has 0 aliphatic rings. The summed E-state index contributed by atoms with van der Waals surface area (Å²) >= 11 is 7.55. The lowest BCUT2D eigenvalue weighted by molar-refractivity contribution is 0.745. The molecule has 0 saturated heterocycles. The van der Waals surface area contributed by atoms with Crippen molar-refractivity contribution in [1.29, 1.82) is 0 Å². The smallest absolute Gasteiger partial charge is 0.262 e. The largest absolute Gasteiger partial charge is 0.286 e. The molecule has 2 heterocycles. The Morgan fingerprint density at radius 1 is 0.903 bits per heavy atom. The Morgan fingerprint density at radius 2 is 1.61 bits per heavy atom. The van der Waals surface area contributed by atoms with Crippen molar-refractivity contribution in [3.8, 4) is 22.0 Å². The highest BCUT2D eigenvalue weighted by Gasteiger charge is 2.15. The maximum Gasteiger partial charge on any atom is 0.262 e. The number of hydrogen-bond donors (Lipinski definition) is 0. The van der Waals surface area contributed by atoms with Gasteiger partial charge in [-0.05, 0) is 31.2 Å². The molecule has 0 aliphatic heterocycles. The summed E-state index contributed by atoms with van der Waals surface area (Å²) in [6.07, 6.45) is 0. The quantitative estimate of drug-likeness (QED) is 0.332. The Morgan fingerprint density at radius 3 is 2.39 bits per heavy atom. The van der Waals surface area contributed by atoms with Gasteiger partial charge in [-0.2, -0.15) is 0 Å². The zero-order valence-electron chi connectivity index (χ0n) is 16.7. The van der Waals surface area contributed by atoms with E-state index in [1.807, 2.05) is 85.1 Å². The van der Waals surface area contributed by atoms with E-state index in [0.717, 1.165) is 27.4 Å². The highest BCUT2D eigenvalue weighted by Crippen LogP contribution is 2.26. The monoisotopic (exact) mass is 443 g/mol. The van der Waals surface area contributed by atoms with Crippen molar-refractivity contribution in [2.75, 3.05) is 0 Å². The van der Waals surface area contributed by atoms with Crippen LogP contribution in [-0.2, 0) is 6.54 Å². The van der Waals surface area contributed by atoms with E-state index in [9.17, 15) is 4.79 Å². The Bertz CT molecular complexity index is 1440. The van der Waals surface area contributed by atoms with Crippen LogP contribution in [-0.4, -0.2) is 14.5 Å². The zero-order valence-corrected chi connectivity index (χ0v) is 18.3. The highest BCUT2D eigenvalue weighted by atomic mass is 35.5. The summed E-state index contributed by atoms with van der Waals surface area (Å²) in [5, 5.41) is 4.18. The fraction of sp³-hybridized carbons (Fsp3) is 0.0800. The summed E-state index contributed by atoms with van der Waals surface area (Å²) in [5.74, 6) is 0.643. The van der Waals surface area contributed by atoms with E-state index in [0.29, 0.717) is 28.3 Å². The summed E-state index contributed by atoms with van der Waals surface area (Å²) in [5.41, 5.74) is 4.51. The normalized spacial score (nSPS) is 11.2. The molecule has 0 N–H and O–H groups in total. The van der Waals surface area contributed by atoms with Crippen molar-refractivity contribution in [2.45, 2.75) is 13.5 Å². The van der Waals surface area contributed by atoms with Gasteiger partial charge in [0.05, 0.1) is 23.1 Å². The molecule has 3 aromatic carbocycles. The molecule has 0 spiro atoms. The average Bonchev–Trinajstić information content (AvgIpc) is 3.25. The van der Waals surface area contributed by atoms with Crippen LogP contribution in [0.4, 0.5) is 0 Å². The molecular weight excluding hydrogens is 426 g/mol.